The summed E-state index contributed by atoms with van der Waals surface area (Å²) in [7, 11) is -1.83. The molecule has 0 saturated heterocycles. The minimum atomic E-state index is -1.83. The first-order valence-electron chi connectivity index (χ1n) is 7.75. The molecule has 0 heterocycles. The summed E-state index contributed by atoms with van der Waals surface area (Å²) in [5.74, 6) is 0. The lowest BCUT2D eigenvalue weighted by Gasteiger charge is -2.41. The molecular weight excluding hydrogens is 274 g/mol. The summed E-state index contributed by atoms with van der Waals surface area (Å²) < 4.78 is 6.59. The van der Waals surface area contributed by atoms with Gasteiger partial charge in [0.15, 0.2) is 8.32 Å². The molecule has 0 aliphatic rings. The van der Waals surface area contributed by atoms with Gasteiger partial charge in [0.1, 0.15) is 0 Å². The van der Waals surface area contributed by atoms with E-state index in [-0.39, 0.29) is 17.2 Å². The fourth-order valence-corrected chi connectivity index (χ4v) is 3.39. The minimum Gasteiger partial charge on any atom is -0.412 e. The maximum Gasteiger partial charge on any atom is 0.192 e. The van der Waals surface area contributed by atoms with Gasteiger partial charge in [-0.05, 0) is 36.5 Å². The second-order valence-corrected chi connectivity index (χ2v) is 12.1. The molecule has 1 rings (SSSR count). The van der Waals surface area contributed by atoms with Crippen LogP contribution in [0, 0.1) is 0 Å². The maximum atomic E-state index is 6.59. The van der Waals surface area contributed by atoms with Crippen LogP contribution in [0.1, 0.15) is 32.8 Å². The van der Waals surface area contributed by atoms with E-state index in [9.17, 15) is 0 Å². The first kappa shape index (κ1) is 18.1. The van der Waals surface area contributed by atoms with Crippen molar-refractivity contribution in [1.29, 1.82) is 0 Å². The standard InChI is InChI=1S/C18H31NOSi/c1-7-11-16(19)17(14-15-12-9-8-10-13-15)20-21(5,6)18(2,3)4/h7-10,12-13,16-17H,1,11,14,19H2,2-6H3. The van der Waals surface area contributed by atoms with Crippen molar-refractivity contribution in [3.63, 3.8) is 0 Å². The molecule has 0 spiro atoms. The van der Waals surface area contributed by atoms with E-state index >= 15 is 0 Å². The Morgan fingerprint density at radius 1 is 1.24 bits per heavy atom. The fraction of sp³-hybridized carbons (Fsp3) is 0.556. The highest BCUT2D eigenvalue weighted by atomic mass is 28.4. The lowest BCUT2D eigenvalue weighted by atomic mass is 10.0. The summed E-state index contributed by atoms with van der Waals surface area (Å²) in [4.78, 5) is 0. The molecule has 1 aromatic carbocycles. The third-order valence-electron chi connectivity index (χ3n) is 4.45. The first-order valence-corrected chi connectivity index (χ1v) is 10.7. The fourth-order valence-electron chi connectivity index (χ4n) is 2.03. The Balaban J connectivity index is 2.90. The molecule has 0 fully saturated rings. The number of hydrogen-bond donors (Lipinski definition) is 1. The zero-order chi connectivity index (χ0) is 16.1. The Kier molecular flexibility index (Phi) is 6.38. The van der Waals surface area contributed by atoms with E-state index in [2.05, 4.69) is 64.7 Å². The van der Waals surface area contributed by atoms with E-state index in [1.165, 1.54) is 5.56 Å². The van der Waals surface area contributed by atoms with Gasteiger partial charge in [0.25, 0.3) is 0 Å². The van der Waals surface area contributed by atoms with E-state index in [1.54, 1.807) is 0 Å². The summed E-state index contributed by atoms with van der Waals surface area (Å²) in [6, 6.07) is 10.5. The monoisotopic (exact) mass is 305 g/mol. The van der Waals surface area contributed by atoms with Crippen LogP contribution in [-0.2, 0) is 10.8 Å². The molecule has 0 amide bonds. The van der Waals surface area contributed by atoms with Crippen LogP contribution in [0.4, 0.5) is 0 Å². The Bertz CT molecular complexity index is 436. The van der Waals surface area contributed by atoms with Crippen molar-refractivity contribution in [1.82, 2.24) is 0 Å². The molecule has 2 atom stereocenters. The molecule has 2 N–H and O–H groups in total. The van der Waals surface area contributed by atoms with Crippen LogP contribution in [0.25, 0.3) is 0 Å². The van der Waals surface area contributed by atoms with E-state index in [0.29, 0.717) is 0 Å². The Hall–Kier alpha value is -0.903. The second kappa shape index (κ2) is 7.39. The third-order valence-corrected chi connectivity index (χ3v) is 8.95. The van der Waals surface area contributed by atoms with Crippen molar-refractivity contribution in [2.45, 2.75) is 63.9 Å². The third kappa shape index (κ3) is 5.42. The topological polar surface area (TPSA) is 35.2 Å². The van der Waals surface area contributed by atoms with Crippen molar-refractivity contribution in [2.75, 3.05) is 0 Å². The highest BCUT2D eigenvalue weighted by molar-refractivity contribution is 6.74. The number of rotatable bonds is 7. The number of nitrogens with two attached hydrogens (primary N) is 1. The number of benzene rings is 1. The first-order chi connectivity index (χ1) is 9.67. The van der Waals surface area contributed by atoms with Crippen LogP contribution >= 0.6 is 0 Å². The van der Waals surface area contributed by atoms with E-state index in [1.807, 2.05) is 12.1 Å². The van der Waals surface area contributed by atoms with E-state index in [4.69, 9.17) is 10.2 Å². The molecule has 0 aliphatic heterocycles. The molecule has 1 aromatic rings. The van der Waals surface area contributed by atoms with Crippen LogP contribution in [-0.4, -0.2) is 20.5 Å². The zero-order valence-corrected chi connectivity index (χ0v) is 15.2. The molecule has 2 unspecified atom stereocenters. The summed E-state index contributed by atoms with van der Waals surface area (Å²) >= 11 is 0. The van der Waals surface area contributed by atoms with Crippen LogP contribution in [0.15, 0.2) is 43.0 Å². The lowest BCUT2D eigenvalue weighted by Crippen LogP contribution is -2.50. The molecule has 0 aliphatic carbocycles. The van der Waals surface area contributed by atoms with E-state index < -0.39 is 8.32 Å². The zero-order valence-electron chi connectivity index (χ0n) is 14.2. The van der Waals surface area contributed by atoms with Crippen LogP contribution < -0.4 is 5.73 Å². The molecular formula is C18H31NOSi. The van der Waals surface area contributed by atoms with Gasteiger partial charge in [0, 0.05) is 6.04 Å². The molecule has 0 bridgehead atoms. The summed E-state index contributed by atoms with van der Waals surface area (Å²) in [6.07, 6.45) is 3.58. The highest BCUT2D eigenvalue weighted by Crippen LogP contribution is 2.38. The van der Waals surface area contributed by atoms with Crippen molar-refractivity contribution in [2.24, 2.45) is 5.73 Å². The van der Waals surface area contributed by atoms with Crippen LogP contribution in [0.3, 0.4) is 0 Å². The predicted molar refractivity (Wildman–Crippen MR) is 95.0 cm³/mol. The van der Waals surface area contributed by atoms with Crippen molar-refractivity contribution in [3.8, 4) is 0 Å². The van der Waals surface area contributed by atoms with Crippen LogP contribution in [0.5, 0.6) is 0 Å². The molecule has 118 valence electrons. The maximum absolute atomic E-state index is 6.59. The van der Waals surface area contributed by atoms with Gasteiger partial charge in [-0.25, -0.2) is 0 Å². The molecule has 0 aromatic heterocycles. The SMILES string of the molecule is C=CCC(N)C(Cc1ccccc1)O[Si](C)(C)C(C)(C)C. The van der Waals surface area contributed by atoms with Gasteiger partial charge in [-0.15, -0.1) is 6.58 Å². The highest BCUT2D eigenvalue weighted by Gasteiger charge is 2.40. The molecule has 2 nitrogen and oxygen atoms in total. The Morgan fingerprint density at radius 3 is 2.29 bits per heavy atom. The molecule has 3 heteroatoms. The average molecular weight is 306 g/mol. The largest absolute Gasteiger partial charge is 0.412 e. The predicted octanol–water partition coefficient (Wildman–Crippen LogP) is 4.52. The average Bonchev–Trinajstić information content (AvgIpc) is 2.38. The van der Waals surface area contributed by atoms with Crippen LogP contribution in [0.2, 0.25) is 18.1 Å². The van der Waals surface area contributed by atoms with Gasteiger partial charge in [-0.1, -0.05) is 57.2 Å². The summed E-state index contributed by atoms with van der Waals surface area (Å²) in [5.41, 5.74) is 7.63. The van der Waals surface area contributed by atoms with Crippen molar-refractivity contribution >= 4 is 8.32 Å². The minimum absolute atomic E-state index is 0.00293. The normalized spacial score (nSPS) is 15.5. The van der Waals surface area contributed by atoms with E-state index in [0.717, 1.165) is 12.8 Å². The lowest BCUT2D eigenvalue weighted by molar-refractivity contribution is 0.152. The molecule has 0 saturated carbocycles. The quantitative estimate of drug-likeness (QED) is 0.593. The van der Waals surface area contributed by atoms with Gasteiger partial charge in [0.05, 0.1) is 6.10 Å². The van der Waals surface area contributed by atoms with Crippen molar-refractivity contribution < 1.29 is 4.43 Å². The Morgan fingerprint density at radius 2 is 1.81 bits per heavy atom. The smallest absolute Gasteiger partial charge is 0.192 e. The van der Waals surface area contributed by atoms with Gasteiger partial charge < -0.3 is 10.2 Å². The van der Waals surface area contributed by atoms with Gasteiger partial charge in [0.2, 0.25) is 0 Å². The summed E-state index contributed by atoms with van der Waals surface area (Å²) in [5, 5.41) is 0.190. The van der Waals surface area contributed by atoms with Gasteiger partial charge in [-0.3, -0.25) is 0 Å². The molecule has 21 heavy (non-hydrogen) atoms. The summed E-state index contributed by atoms with van der Waals surface area (Å²) in [6.45, 7) is 15.2. The van der Waals surface area contributed by atoms with Crippen molar-refractivity contribution in [3.05, 3.63) is 48.6 Å². The second-order valence-electron chi connectivity index (χ2n) is 7.29. The molecule has 0 radical (unpaired) electrons. The Labute approximate surface area is 131 Å². The van der Waals surface area contributed by atoms with Gasteiger partial charge >= 0.3 is 0 Å². The number of hydrogen-bond acceptors (Lipinski definition) is 2. The van der Waals surface area contributed by atoms with Gasteiger partial charge in [-0.2, -0.15) is 0 Å².